The molecule has 0 spiro atoms. The van der Waals surface area contributed by atoms with E-state index in [4.69, 9.17) is 27.9 Å². The summed E-state index contributed by atoms with van der Waals surface area (Å²) in [7, 11) is 0. The summed E-state index contributed by atoms with van der Waals surface area (Å²) >= 11 is 13.5. The molecule has 0 radical (unpaired) electrons. The molecule has 28 heavy (non-hydrogen) atoms. The van der Waals surface area contributed by atoms with Crippen LogP contribution in [0, 0.1) is 0 Å². The van der Waals surface area contributed by atoms with Crippen LogP contribution in [0.15, 0.2) is 60.0 Å². The second kappa shape index (κ2) is 9.59. The van der Waals surface area contributed by atoms with Crippen LogP contribution < -0.4 is 15.6 Å². The van der Waals surface area contributed by atoms with E-state index in [1.54, 1.807) is 36.4 Å². The summed E-state index contributed by atoms with van der Waals surface area (Å²) in [6.45, 7) is 0.214. The topological polar surface area (TPSA) is 67.4 Å². The molecule has 0 unspecified atom stereocenters. The van der Waals surface area contributed by atoms with Crippen molar-refractivity contribution >= 4 is 46.4 Å². The summed E-state index contributed by atoms with van der Waals surface area (Å²) in [6.07, 6.45) is 0.215. The van der Waals surface area contributed by atoms with Gasteiger partial charge >= 0.3 is 0 Å². The van der Waals surface area contributed by atoms with Crippen LogP contribution >= 0.6 is 34.5 Å². The molecule has 8 heteroatoms. The molecule has 0 aliphatic rings. The molecule has 0 saturated heterocycles. The zero-order valence-corrected chi connectivity index (χ0v) is 16.9. The molecule has 3 aromatic rings. The summed E-state index contributed by atoms with van der Waals surface area (Å²) in [5.74, 6) is -0.238. The van der Waals surface area contributed by atoms with Crippen LogP contribution in [0.1, 0.15) is 20.8 Å². The van der Waals surface area contributed by atoms with E-state index in [9.17, 15) is 9.59 Å². The second-order valence-electron chi connectivity index (χ2n) is 5.82. The fourth-order valence-electron chi connectivity index (χ4n) is 2.37. The Balaban J connectivity index is 1.55. The normalized spacial score (nSPS) is 10.4. The molecule has 0 aliphatic carbocycles. The number of thiophene rings is 1. The van der Waals surface area contributed by atoms with Gasteiger partial charge in [0.25, 0.3) is 5.91 Å². The Labute approximate surface area is 176 Å². The highest BCUT2D eigenvalue weighted by molar-refractivity contribution is 7.10. The quantitative estimate of drug-likeness (QED) is 0.555. The molecule has 5 nitrogen and oxygen atoms in total. The maximum absolute atomic E-state index is 12.3. The number of nitrogens with one attached hydrogen (secondary N) is 2. The maximum atomic E-state index is 12.3. The molecule has 0 aliphatic heterocycles. The van der Waals surface area contributed by atoms with E-state index in [-0.39, 0.29) is 18.9 Å². The summed E-state index contributed by atoms with van der Waals surface area (Å²) in [5, 5.41) is 2.86. The number of carbonyl (C=O) groups is 2. The van der Waals surface area contributed by atoms with E-state index in [1.807, 2.05) is 23.6 Å². The monoisotopic (exact) mass is 434 g/mol. The number of hydrazine groups is 1. The van der Waals surface area contributed by atoms with Crippen molar-refractivity contribution < 1.29 is 14.3 Å². The smallest absolute Gasteiger partial charge is 0.269 e. The number of rotatable bonds is 6. The summed E-state index contributed by atoms with van der Waals surface area (Å²) in [5.41, 5.74) is 6.00. The van der Waals surface area contributed by atoms with Gasteiger partial charge in [-0.15, -0.1) is 11.3 Å². The van der Waals surface area contributed by atoms with Crippen molar-refractivity contribution in [3.8, 4) is 5.75 Å². The molecule has 1 heterocycles. The molecule has 2 amide bonds. The SMILES string of the molecule is O=C(Cc1cccs1)NNC(=O)c1cccc(COc2cc(Cl)ccc2Cl)c1. The van der Waals surface area contributed by atoms with E-state index in [1.165, 1.54) is 11.3 Å². The number of benzene rings is 2. The standard InChI is InChI=1S/C20H16Cl2N2O3S/c21-15-6-7-17(22)18(10-15)27-12-13-3-1-4-14(9-13)20(26)24-23-19(25)11-16-5-2-8-28-16/h1-10H,11-12H2,(H,23,25)(H,24,26). The van der Waals surface area contributed by atoms with Crippen LogP contribution in [-0.2, 0) is 17.8 Å². The number of carbonyl (C=O) groups excluding carboxylic acids is 2. The molecule has 0 bridgehead atoms. The predicted molar refractivity (Wildman–Crippen MR) is 111 cm³/mol. The molecule has 2 N–H and O–H groups in total. The Morgan fingerprint density at radius 3 is 2.64 bits per heavy atom. The minimum absolute atomic E-state index is 0.214. The second-order valence-corrected chi connectivity index (χ2v) is 7.70. The van der Waals surface area contributed by atoms with Crippen molar-refractivity contribution in [2.24, 2.45) is 0 Å². The van der Waals surface area contributed by atoms with Crippen molar-refractivity contribution in [2.75, 3.05) is 0 Å². The van der Waals surface area contributed by atoms with Crippen LogP contribution in [-0.4, -0.2) is 11.8 Å². The van der Waals surface area contributed by atoms with Gasteiger partial charge < -0.3 is 4.74 Å². The zero-order chi connectivity index (χ0) is 19.9. The van der Waals surface area contributed by atoms with Gasteiger partial charge in [0.1, 0.15) is 12.4 Å². The first-order chi connectivity index (χ1) is 13.5. The Hall–Kier alpha value is -2.54. The molecule has 3 rings (SSSR count). The van der Waals surface area contributed by atoms with Crippen LogP contribution in [0.2, 0.25) is 10.0 Å². The Morgan fingerprint density at radius 2 is 1.86 bits per heavy atom. The fraction of sp³-hybridized carbons (Fsp3) is 0.100. The average Bonchev–Trinajstić information content (AvgIpc) is 3.20. The number of hydrogen-bond donors (Lipinski definition) is 2. The van der Waals surface area contributed by atoms with Gasteiger partial charge in [-0.1, -0.05) is 41.4 Å². The summed E-state index contributed by atoms with van der Waals surface area (Å²) < 4.78 is 5.68. The highest BCUT2D eigenvalue weighted by Crippen LogP contribution is 2.28. The third kappa shape index (κ3) is 5.73. The van der Waals surface area contributed by atoms with Crippen LogP contribution in [0.5, 0.6) is 5.75 Å². The van der Waals surface area contributed by atoms with E-state index < -0.39 is 5.91 Å². The highest BCUT2D eigenvalue weighted by atomic mass is 35.5. The largest absolute Gasteiger partial charge is 0.487 e. The summed E-state index contributed by atoms with van der Waals surface area (Å²) in [6, 6.07) is 15.6. The third-order valence-corrected chi connectivity index (χ3v) is 5.13. The van der Waals surface area contributed by atoms with E-state index in [0.717, 1.165) is 10.4 Å². The van der Waals surface area contributed by atoms with Gasteiger partial charge in [-0.05, 0) is 41.3 Å². The van der Waals surface area contributed by atoms with Crippen molar-refractivity contribution in [1.29, 1.82) is 0 Å². The molecule has 1 aromatic heterocycles. The van der Waals surface area contributed by atoms with Gasteiger partial charge in [-0.25, -0.2) is 0 Å². The number of amides is 2. The summed E-state index contributed by atoms with van der Waals surface area (Å²) in [4.78, 5) is 25.1. The molecule has 144 valence electrons. The minimum Gasteiger partial charge on any atom is -0.487 e. The lowest BCUT2D eigenvalue weighted by Crippen LogP contribution is -2.42. The first-order valence-corrected chi connectivity index (χ1v) is 9.93. The molecule has 0 saturated carbocycles. The molecular formula is C20H16Cl2N2O3S. The van der Waals surface area contributed by atoms with Crippen molar-refractivity contribution in [2.45, 2.75) is 13.0 Å². The van der Waals surface area contributed by atoms with Gasteiger partial charge in [0.15, 0.2) is 0 Å². The number of halogens is 2. The fourth-order valence-corrected chi connectivity index (χ4v) is 3.40. The van der Waals surface area contributed by atoms with E-state index in [0.29, 0.717) is 21.4 Å². The van der Waals surface area contributed by atoms with Crippen LogP contribution in [0.4, 0.5) is 0 Å². The van der Waals surface area contributed by atoms with Crippen LogP contribution in [0.25, 0.3) is 0 Å². The molecule has 0 atom stereocenters. The molecule has 0 fully saturated rings. The van der Waals surface area contributed by atoms with Crippen molar-refractivity contribution in [3.63, 3.8) is 0 Å². The van der Waals surface area contributed by atoms with Gasteiger partial charge in [0.05, 0.1) is 11.4 Å². The van der Waals surface area contributed by atoms with E-state index in [2.05, 4.69) is 10.9 Å². The lowest BCUT2D eigenvalue weighted by atomic mass is 10.1. The van der Waals surface area contributed by atoms with Gasteiger partial charge in [0.2, 0.25) is 5.91 Å². The highest BCUT2D eigenvalue weighted by Gasteiger charge is 2.10. The minimum atomic E-state index is -0.415. The molecular weight excluding hydrogens is 419 g/mol. The first-order valence-electron chi connectivity index (χ1n) is 8.29. The van der Waals surface area contributed by atoms with Gasteiger partial charge in [-0.2, -0.15) is 0 Å². The van der Waals surface area contributed by atoms with Crippen molar-refractivity contribution in [1.82, 2.24) is 10.9 Å². The van der Waals surface area contributed by atoms with Gasteiger partial charge in [0, 0.05) is 21.5 Å². The first kappa shape index (κ1) is 20.2. The van der Waals surface area contributed by atoms with Gasteiger partial charge in [-0.3, -0.25) is 20.4 Å². The number of hydrogen-bond acceptors (Lipinski definition) is 4. The predicted octanol–water partition coefficient (Wildman–Crippen LogP) is 4.64. The Morgan fingerprint density at radius 1 is 1.00 bits per heavy atom. The lowest BCUT2D eigenvalue weighted by Gasteiger charge is -2.10. The maximum Gasteiger partial charge on any atom is 0.269 e. The van der Waals surface area contributed by atoms with Crippen molar-refractivity contribution in [3.05, 3.63) is 86.0 Å². The van der Waals surface area contributed by atoms with Crippen LogP contribution in [0.3, 0.4) is 0 Å². The lowest BCUT2D eigenvalue weighted by molar-refractivity contribution is -0.121. The third-order valence-electron chi connectivity index (χ3n) is 3.71. The Bertz CT molecular complexity index is 977. The zero-order valence-electron chi connectivity index (χ0n) is 14.6. The van der Waals surface area contributed by atoms with E-state index >= 15 is 0 Å². The number of ether oxygens (including phenoxy) is 1. The Kier molecular flexibility index (Phi) is 6.92. The molecule has 2 aromatic carbocycles. The average molecular weight is 435 g/mol.